The molecule has 0 saturated carbocycles. The van der Waals surface area contributed by atoms with Crippen molar-refractivity contribution in [1.29, 1.82) is 0 Å². The third kappa shape index (κ3) is 2.30. The summed E-state index contributed by atoms with van der Waals surface area (Å²) in [5.74, 6) is -0.315. The molecule has 12 heavy (non-hydrogen) atoms. The van der Waals surface area contributed by atoms with Crippen LogP contribution in [0.4, 0.5) is 10.2 Å². The molecule has 0 aliphatic carbocycles. The second kappa shape index (κ2) is 4.21. The molecule has 0 amide bonds. The molecule has 5 heteroatoms. The van der Waals surface area contributed by atoms with Crippen molar-refractivity contribution in [3.05, 3.63) is 17.3 Å². The van der Waals surface area contributed by atoms with Gasteiger partial charge in [0.05, 0.1) is 6.20 Å². The van der Waals surface area contributed by atoms with Crippen molar-refractivity contribution in [2.45, 2.75) is 13.3 Å². The first-order valence-corrected chi connectivity index (χ1v) is 4.03. The Morgan fingerprint density at radius 1 is 1.67 bits per heavy atom. The van der Waals surface area contributed by atoms with Gasteiger partial charge in [0, 0.05) is 6.54 Å². The molecule has 0 fully saturated rings. The molecule has 0 atom stereocenters. The summed E-state index contributed by atoms with van der Waals surface area (Å²) in [5, 5.41) is 2.84. The van der Waals surface area contributed by atoms with Crippen LogP contribution in [-0.2, 0) is 0 Å². The third-order valence-corrected chi connectivity index (χ3v) is 1.44. The molecule has 0 unspecified atom stereocenters. The lowest BCUT2D eigenvalue weighted by Crippen LogP contribution is -2.04. The molecule has 0 bridgehead atoms. The van der Waals surface area contributed by atoms with E-state index < -0.39 is 5.82 Å². The molecule has 0 aromatic carbocycles. The molecule has 1 rings (SSSR count). The summed E-state index contributed by atoms with van der Waals surface area (Å²) in [6, 6.07) is 0. The lowest BCUT2D eigenvalue weighted by atomic mass is 10.4. The van der Waals surface area contributed by atoms with Gasteiger partial charge >= 0.3 is 0 Å². The fourth-order valence-electron chi connectivity index (χ4n) is 0.713. The number of nitrogens with zero attached hydrogens (tertiary/aromatic N) is 2. The van der Waals surface area contributed by atoms with Gasteiger partial charge in [-0.2, -0.15) is 4.98 Å². The van der Waals surface area contributed by atoms with Crippen molar-refractivity contribution in [2.75, 3.05) is 11.9 Å². The van der Waals surface area contributed by atoms with Gasteiger partial charge in [0.25, 0.3) is 0 Å². The van der Waals surface area contributed by atoms with E-state index in [1.807, 2.05) is 6.92 Å². The molecule has 1 N–H and O–H groups in total. The molecular formula is C7H9ClFN3. The standard InChI is InChI=1S/C7H9ClFN3/c1-2-3-10-6-5(9)4-11-7(8)12-6/h4H,2-3H2,1H3,(H,10,11,12). The Balaban J connectivity index is 2.75. The minimum Gasteiger partial charge on any atom is -0.368 e. The first-order valence-electron chi connectivity index (χ1n) is 3.66. The minimum absolute atomic E-state index is 0.0509. The van der Waals surface area contributed by atoms with E-state index in [-0.39, 0.29) is 11.1 Å². The van der Waals surface area contributed by atoms with Gasteiger partial charge in [-0.25, -0.2) is 9.37 Å². The molecule has 0 aliphatic rings. The molecule has 0 spiro atoms. The van der Waals surface area contributed by atoms with Crippen LogP contribution in [0.15, 0.2) is 6.20 Å². The summed E-state index contributed by atoms with van der Waals surface area (Å²) in [7, 11) is 0. The number of hydrogen-bond donors (Lipinski definition) is 1. The lowest BCUT2D eigenvalue weighted by Gasteiger charge is -2.03. The van der Waals surface area contributed by atoms with Crippen LogP contribution >= 0.6 is 11.6 Å². The number of anilines is 1. The van der Waals surface area contributed by atoms with Crippen LogP contribution in [0.2, 0.25) is 5.28 Å². The first kappa shape index (κ1) is 9.19. The van der Waals surface area contributed by atoms with Gasteiger partial charge in [-0.15, -0.1) is 0 Å². The summed E-state index contributed by atoms with van der Waals surface area (Å²) in [6.45, 7) is 2.65. The molecule has 0 saturated heterocycles. The number of nitrogens with one attached hydrogen (secondary N) is 1. The molecule has 66 valence electrons. The largest absolute Gasteiger partial charge is 0.368 e. The number of hydrogen-bond acceptors (Lipinski definition) is 3. The van der Waals surface area contributed by atoms with Gasteiger partial charge in [-0.3, -0.25) is 0 Å². The Hall–Kier alpha value is -0.900. The smallest absolute Gasteiger partial charge is 0.224 e. The highest BCUT2D eigenvalue weighted by molar-refractivity contribution is 6.28. The first-order chi connectivity index (χ1) is 5.74. The highest BCUT2D eigenvalue weighted by Gasteiger charge is 2.03. The zero-order chi connectivity index (χ0) is 8.97. The number of aromatic nitrogens is 2. The van der Waals surface area contributed by atoms with Crippen LogP contribution in [-0.4, -0.2) is 16.5 Å². The third-order valence-electron chi connectivity index (χ3n) is 1.26. The molecule has 0 radical (unpaired) electrons. The SMILES string of the molecule is CCCNc1nc(Cl)ncc1F. The molecule has 3 nitrogen and oxygen atoms in total. The zero-order valence-corrected chi connectivity index (χ0v) is 7.40. The maximum atomic E-state index is 12.8. The van der Waals surface area contributed by atoms with E-state index >= 15 is 0 Å². The fourth-order valence-corrected chi connectivity index (χ4v) is 0.846. The molecule has 1 aromatic heterocycles. The van der Waals surface area contributed by atoms with Gasteiger partial charge in [0.2, 0.25) is 5.28 Å². The van der Waals surface area contributed by atoms with Crippen LogP contribution < -0.4 is 5.32 Å². The van der Waals surface area contributed by atoms with Crippen molar-refractivity contribution in [3.8, 4) is 0 Å². The average molecular weight is 190 g/mol. The monoisotopic (exact) mass is 189 g/mol. The van der Waals surface area contributed by atoms with Gasteiger partial charge in [0.15, 0.2) is 11.6 Å². The number of rotatable bonds is 3. The number of halogens is 2. The fraction of sp³-hybridized carbons (Fsp3) is 0.429. The summed E-state index contributed by atoms with van der Waals surface area (Å²) in [6.07, 6.45) is 1.95. The molecular weight excluding hydrogens is 181 g/mol. The van der Waals surface area contributed by atoms with Crippen LogP contribution in [0, 0.1) is 5.82 Å². The van der Waals surface area contributed by atoms with Crippen molar-refractivity contribution < 1.29 is 4.39 Å². The van der Waals surface area contributed by atoms with E-state index in [4.69, 9.17) is 11.6 Å². The van der Waals surface area contributed by atoms with Crippen LogP contribution in [0.5, 0.6) is 0 Å². The van der Waals surface area contributed by atoms with E-state index in [1.165, 1.54) is 0 Å². The zero-order valence-electron chi connectivity index (χ0n) is 6.64. The minimum atomic E-state index is -0.479. The van der Waals surface area contributed by atoms with Crippen molar-refractivity contribution in [1.82, 2.24) is 9.97 Å². The van der Waals surface area contributed by atoms with Gasteiger partial charge < -0.3 is 5.32 Å². The Bertz CT molecular complexity index is 267. The van der Waals surface area contributed by atoms with Crippen molar-refractivity contribution in [3.63, 3.8) is 0 Å². The molecule has 1 aromatic rings. The lowest BCUT2D eigenvalue weighted by molar-refractivity contribution is 0.616. The summed E-state index contributed by atoms with van der Waals surface area (Å²) in [4.78, 5) is 7.17. The van der Waals surface area contributed by atoms with E-state index in [1.54, 1.807) is 0 Å². The average Bonchev–Trinajstić information content (AvgIpc) is 2.07. The van der Waals surface area contributed by atoms with Gasteiger partial charge in [-0.1, -0.05) is 6.92 Å². The van der Waals surface area contributed by atoms with Gasteiger partial charge in [0.1, 0.15) is 0 Å². The molecule has 0 aliphatic heterocycles. The van der Waals surface area contributed by atoms with Crippen LogP contribution in [0.1, 0.15) is 13.3 Å². The Morgan fingerprint density at radius 2 is 2.42 bits per heavy atom. The maximum absolute atomic E-state index is 12.8. The summed E-state index contributed by atoms with van der Waals surface area (Å²) < 4.78 is 12.8. The highest BCUT2D eigenvalue weighted by atomic mass is 35.5. The Labute approximate surface area is 75.0 Å². The van der Waals surface area contributed by atoms with E-state index in [0.29, 0.717) is 6.54 Å². The van der Waals surface area contributed by atoms with Crippen molar-refractivity contribution >= 4 is 17.4 Å². The quantitative estimate of drug-likeness (QED) is 0.740. The predicted molar refractivity (Wildman–Crippen MR) is 45.8 cm³/mol. The molecule has 1 heterocycles. The topological polar surface area (TPSA) is 37.8 Å². The maximum Gasteiger partial charge on any atom is 0.224 e. The Morgan fingerprint density at radius 3 is 3.08 bits per heavy atom. The summed E-state index contributed by atoms with van der Waals surface area (Å²) >= 11 is 5.47. The van der Waals surface area contributed by atoms with Crippen molar-refractivity contribution in [2.24, 2.45) is 0 Å². The van der Waals surface area contributed by atoms with E-state index in [0.717, 1.165) is 12.6 Å². The van der Waals surface area contributed by atoms with E-state index in [9.17, 15) is 4.39 Å². The van der Waals surface area contributed by atoms with E-state index in [2.05, 4.69) is 15.3 Å². The summed E-state index contributed by atoms with van der Waals surface area (Å²) in [5.41, 5.74) is 0. The highest BCUT2D eigenvalue weighted by Crippen LogP contribution is 2.11. The van der Waals surface area contributed by atoms with Crippen LogP contribution in [0.25, 0.3) is 0 Å². The predicted octanol–water partition coefficient (Wildman–Crippen LogP) is 2.09. The second-order valence-corrected chi connectivity index (χ2v) is 2.60. The second-order valence-electron chi connectivity index (χ2n) is 2.26. The van der Waals surface area contributed by atoms with Gasteiger partial charge in [-0.05, 0) is 18.0 Å². The van der Waals surface area contributed by atoms with Crippen LogP contribution in [0.3, 0.4) is 0 Å². The Kier molecular flexibility index (Phi) is 3.22. The normalized spacial score (nSPS) is 9.92.